The zero-order valence-corrected chi connectivity index (χ0v) is 12.1. The summed E-state index contributed by atoms with van der Waals surface area (Å²) in [4.78, 5) is 23.4. The maximum absolute atomic E-state index is 12.0. The molecule has 3 amide bonds. The normalized spacial score (nSPS) is 30.6. The van der Waals surface area contributed by atoms with Gasteiger partial charge in [0.05, 0.1) is 25.4 Å². The molecular formula is C16H18N2O4. The second-order valence-electron chi connectivity index (χ2n) is 6.14. The van der Waals surface area contributed by atoms with Gasteiger partial charge in [0.25, 0.3) is 5.91 Å². The average molecular weight is 302 g/mol. The molecule has 1 aromatic rings. The summed E-state index contributed by atoms with van der Waals surface area (Å²) in [6, 6.07) is 7.27. The van der Waals surface area contributed by atoms with Crippen LogP contribution in [-0.4, -0.2) is 43.4 Å². The van der Waals surface area contributed by atoms with Gasteiger partial charge in [-0.1, -0.05) is 24.3 Å². The van der Waals surface area contributed by atoms with Crippen LogP contribution in [0.3, 0.4) is 0 Å². The second-order valence-corrected chi connectivity index (χ2v) is 6.14. The lowest BCUT2D eigenvalue weighted by molar-refractivity contribution is -0.120. The first-order chi connectivity index (χ1) is 10.7. The lowest BCUT2D eigenvalue weighted by atomic mass is 9.86. The fourth-order valence-electron chi connectivity index (χ4n) is 3.07. The molecule has 0 aromatic heterocycles. The maximum atomic E-state index is 12.0. The first-order valence-electron chi connectivity index (χ1n) is 7.62. The molecule has 4 rings (SSSR count). The Hall–Kier alpha value is -1.92. The summed E-state index contributed by atoms with van der Waals surface area (Å²) in [6.45, 7) is 1.55. The molecule has 3 heterocycles. The highest BCUT2D eigenvalue weighted by molar-refractivity contribution is 6.04. The molecule has 0 spiro atoms. The van der Waals surface area contributed by atoms with Gasteiger partial charge in [-0.05, 0) is 17.5 Å². The smallest absolute Gasteiger partial charge is 0.322 e. The van der Waals surface area contributed by atoms with E-state index >= 15 is 0 Å². The van der Waals surface area contributed by atoms with Crippen molar-refractivity contribution in [2.24, 2.45) is 0 Å². The van der Waals surface area contributed by atoms with E-state index in [9.17, 15) is 9.59 Å². The highest BCUT2D eigenvalue weighted by Crippen LogP contribution is 2.32. The lowest BCUT2D eigenvalue weighted by Gasteiger charge is -2.22. The van der Waals surface area contributed by atoms with Crippen molar-refractivity contribution in [3.05, 3.63) is 35.4 Å². The summed E-state index contributed by atoms with van der Waals surface area (Å²) in [6.07, 6.45) is 2.14. The van der Waals surface area contributed by atoms with Crippen LogP contribution >= 0.6 is 0 Å². The van der Waals surface area contributed by atoms with Gasteiger partial charge in [0.1, 0.15) is 6.04 Å². The number of carbonyl (C=O) groups excluding carboxylic acids is 2. The topological polar surface area (TPSA) is 83.3 Å². The van der Waals surface area contributed by atoms with E-state index in [1.165, 1.54) is 5.56 Å². The Balaban J connectivity index is 1.58. The summed E-state index contributed by atoms with van der Waals surface area (Å²) in [5, 5.41) is 5.05. The quantitative estimate of drug-likeness (QED) is 0.599. The number of amides is 3. The van der Waals surface area contributed by atoms with E-state index in [0.717, 1.165) is 31.6 Å². The molecule has 0 radical (unpaired) electrons. The molecule has 2 N–H and O–H groups in total. The Morgan fingerprint density at radius 1 is 1.18 bits per heavy atom. The fourth-order valence-corrected chi connectivity index (χ4v) is 3.07. The zero-order chi connectivity index (χ0) is 15.1. The molecule has 1 aromatic carbocycles. The van der Waals surface area contributed by atoms with Gasteiger partial charge in [-0.3, -0.25) is 10.1 Å². The van der Waals surface area contributed by atoms with Crippen molar-refractivity contribution in [3.8, 4) is 0 Å². The van der Waals surface area contributed by atoms with Gasteiger partial charge in [-0.2, -0.15) is 0 Å². The van der Waals surface area contributed by atoms with Gasteiger partial charge in [-0.15, -0.1) is 0 Å². The largest absolute Gasteiger partial charge is 0.373 e. The number of urea groups is 1. The van der Waals surface area contributed by atoms with Gasteiger partial charge in [-0.25, -0.2) is 4.79 Å². The molecule has 3 fully saturated rings. The summed E-state index contributed by atoms with van der Waals surface area (Å²) in [5.41, 5.74) is 2.27. The van der Waals surface area contributed by atoms with Crippen LogP contribution in [0.5, 0.6) is 0 Å². The molecule has 6 heteroatoms. The molecule has 4 unspecified atom stereocenters. The van der Waals surface area contributed by atoms with Crippen molar-refractivity contribution >= 4 is 11.9 Å². The predicted molar refractivity (Wildman–Crippen MR) is 77.4 cm³/mol. The molecule has 3 aliphatic rings. The number of benzene rings is 1. The Bertz CT molecular complexity index is 610. The Kier molecular flexibility index (Phi) is 3.35. The third-order valence-electron chi connectivity index (χ3n) is 4.37. The highest BCUT2D eigenvalue weighted by atomic mass is 16.6. The minimum Gasteiger partial charge on any atom is -0.373 e. The second kappa shape index (κ2) is 5.37. The number of nitrogens with one attached hydrogen (secondary N) is 2. The van der Waals surface area contributed by atoms with Crippen molar-refractivity contribution in [3.63, 3.8) is 0 Å². The minimum atomic E-state index is -0.524. The van der Waals surface area contributed by atoms with Crippen LogP contribution in [0, 0.1) is 0 Å². The van der Waals surface area contributed by atoms with Crippen LogP contribution in [0.25, 0.3) is 0 Å². The third-order valence-corrected chi connectivity index (χ3v) is 4.37. The fraction of sp³-hybridized carbons (Fsp3) is 0.500. The summed E-state index contributed by atoms with van der Waals surface area (Å²) >= 11 is 0. The average Bonchev–Trinajstić information content (AvgIpc) is 3.39. The number of epoxide rings is 2. The SMILES string of the molecule is O=C1NC(=O)C(C(CC2CO2)c2cccc(CC3CO3)c2)N1. The Labute approximate surface area is 128 Å². The third kappa shape index (κ3) is 2.98. The van der Waals surface area contributed by atoms with Crippen molar-refractivity contribution < 1.29 is 19.1 Å². The maximum Gasteiger partial charge on any atom is 0.322 e. The number of carbonyl (C=O) groups is 2. The number of hydrogen-bond donors (Lipinski definition) is 2. The van der Waals surface area contributed by atoms with Crippen LogP contribution in [0.15, 0.2) is 24.3 Å². The molecule has 3 aliphatic heterocycles. The van der Waals surface area contributed by atoms with Crippen molar-refractivity contribution in [2.45, 2.75) is 37.0 Å². The zero-order valence-electron chi connectivity index (χ0n) is 12.1. The summed E-state index contributed by atoms with van der Waals surface area (Å²) in [7, 11) is 0. The van der Waals surface area contributed by atoms with E-state index < -0.39 is 12.1 Å². The lowest BCUT2D eigenvalue weighted by Crippen LogP contribution is -2.36. The molecule has 3 saturated heterocycles. The Morgan fingerprint density at radius 3 is 2.59 bits per heavy atom. The van der Waals surface area contributed by atoms with Crippen LogP contribution < -0.4 is 10.6 Å². The van der Waals surface area contributed by atoms with E-state index in [1.807, 2.05) is 12.1 Å². The number of rotatable bonds is 6. The van der Waals surface area contributed by atoms with E-state index in [0.29, 0.717) is 6.10 Å². The molecular weight excluding hydrogens is 284 g/mol. The monoisotopic (exact) mass is 302 g/mol. The van der Waals surface area contributed by atoms with Crippen molar-refractivity contribution in [1.29, 1.82) is 0 Å². The van der Waals surface area contributed by atoms with Crippen molar-refractivity contribution in [2.75, 3.05) is 13.2 Å². The van der Waals surface area contributed by atoms with Gasteiger partial charge in [0.15, 0.2) is 0 Å². The van der Waals surface area contributed by atoms with E-state index in [2.05, 4.69) is 22.8 Å². The van der Waals surface area contributed by atoms with Gasteiger partial charge in [0.2, 0.25) is 0 Å². The van der Waals surface area contributed by atoms with Crippen LogP contribution in [0.4, 0.5) is 4.79 Å². The van der Waals surface area contributed by atoms with Gasteiger partial charge >= 0.3 is 6.03 Å². The molecule has 4 atom stereocenters. The Morgan fingerprint density at radius 2 is 1.95 bits per heavy atom. The van der Waals surface area contributed by atoms with Gasteiger partial charge < -0.3 is 14.8 Å². The first-order valence-corrected chi connectivity index (χ1v) is 7.62. The molecule has 0 aliphatic carbocycles. The van der Waals surface area contributed by atoms with E-state index in [1.54, 1.807) is 0 Å². The van der Waals surface area contributed by atoms with E-state index in [4.69, 9.17) is 9.47 Å². The van der Waals surface area contributed by atoms with E-state index in [-0.39, 0.29) is 17.9 Å². The molecule has 0 saturated carbocycles. The molecule has 116 valence electrons. The van der Waals surface area contributed by atoms with Crippen LogP contribution in [0.2, 0.25) is 0 Å². The predicted octanol–water partition coefficient (Wildman–Crippen LogP) is 0.708. The van der Waals surface area contributed by atoms with Crippen LogP contribution in [-0.2, 0) is 20.7 Å². The van der Waals surface area contributed by atoms with Crippen molar-refractivity contribution in [1.82, 2.24) is 10.6 Å². The summed E-state index contributed by atoms with van der Waals surface area (Å²) in [5.74, 6) is -0.328. The number of hydrogen-bond acceptors (Lipinski definition) is 4. The molecule has 0 bridgehead atoms. The highest BCUT2D eigenvalue weighted by Gasteiger charge is 2.40. The number of ether oxygens (including phenoxy) is 2. The first kappa shape index (κ1) is 13.7. The molecule has 22 heavy (non-hydrogen) atoms. The summed E-state index contributed by atoms with van der Waals surface area (Å²) < 4.78 is 10.6. The minimum absolute atomic E-state index is 0.0704. The van der Waals surface area contributed by atoms with Gasteiger partial charge in [0, 0.05) is 12.3 Å². The molecule has 6 nitrogen and oxygen atoms in total. The van der Waals surface area contributed by atoms with Crippen LogP contribution in [0.1, 0.15) is 23.5 Å². The standard InChI is InChI=1S/C16H18N2O4/c19-15-14(17-16(20)18-15)13(6-12-8-22-12)10-3-1-2-9(4-10)5-11-7-21-11/h1-4,11-14H,5-8H2,(H2,17,18,19,20). The number of imide groups is 1.